The number of methoxy groups -OCH3 is 1. The van der Waals surface area contributed by atoms with Gasteiger partial charge in [0, 0.05) is 52.4 Å². The summed E-state index contributed by atoms with van der Waals surface area (Å²) < 4.78 is 32.3. The number of likely N-dealkylation sites (tertiary alicyclic amines) is 1. The maximum absolute atomic E-state index is 13.3. The Hall–Kier alpha value is -1.24. The molecule has 7 heteroatoms. The molecule has 0 bridgehead atoms. The molecule has 0 aromatic carbocycles. The van der Waals surface area contributed by atoms with E-state index in [1.165, 1.54) is 0 Å². The fourth-order valence-electron chi connectivity index (χ4n) is 3.77. The second kappa shape index (κ2) is 7.76. The number of alkyl halides is 2. The van der Waals surface area contributed by atoms with Gasteiger partial charge in [0.15, 0.2) is 0 Å². The van der Waals surface area contributed by atoms with Gasteiger partial charge < -0.3 is 15.0 Å². The molecule has 2 aliphatic rings. The SMILES string of the molecule is CNC(=O)CC[C@]1(OC)CCCN(C(=O)C2CCC(F)(F)CC2)C1. The Balaban J connectivity index is 1.95. The van der Waals surface area contributed by atoms with E-state index in [1.54, 1.807) is 19.1 Å². The largest absolute Gasteiger partial charge is 0.376 e. The lowest BCUT2D eigenvalue weighted by molar-refractivity contribution is -0.149. The summed E-state index contributed by atoms with van der Waals surface area (Å²) in [6.07, 6.45) is 2.59. The summed E-state index contributed by atoms with van der Waals surface area (Å²) >= 11 is 0. The van der Waals surface area contributed by atoms with Gasteiger partial charge in [-0.2, -0.15) is 0 Å². The third-order valence-corrected chi connectivity index (χ3v) is 5.44. The smallest absolute Gasteiger partial charge is 0.248 e. The molecule has 2 rings (SSSR count). The molecule has 0 aromatic heterocycles. The van der Waals surface area contributed by atoms with Crippen molar-refractivity contribution in [3.05, 3.63) is 0 Å². The molecule has 138 valence electrons. The van der Waals surface area contributed by atoms with E-state index in [-0.39, 0.29) is 43.4 Å². The number of halogens is 2. The Kier molecular flexibility index (Phi) is 6.17. The zero-order valence-electron chi connectivity index (χ0n) is 14.6. The standard InChI is InChI=1S/C17H28F2N2O3/c1-20-14(22)6-8-16(24-2)7-3-11-21(12-16)15(23)13-4-9-17(18,19)10-5-13/h13H,3-12H2,1-2H3,(H,20,22)/t16-/m1/s1. The van der Waals surface area contributed by atoms with Crippen molar-refractivity contribution < 1.29 is 23.1 Å². The number of amides is 2. The summed E-state index contributed by atoms with van der Waals surface area (Å²) in [6, 6.07) is 0. The number of piperidine rings is 1. The van der Waals surface area contributed by atoms with Gasteiger partial charge >= 0.3 is 0 Å². The molecule has 0 unspecified atom stereocenters. The highest BCUT2D eigenvalue weighted by Crippen LogP contribution is 2.38. The highest BCUT2D eigenvalue weighted by Gasteiger charge is 2.42. The summed E-state index contributed by atoms with van der Waals surface area (Å²) in [6.45, 7) is 1.07. The zero-order valence-corrected chi connectivity index (χ0v) is 14.6. The molecule has 0 radical (unpaired) electrons. The molecule has 0 spiro atoms. The highest BCUT2D eigenvalue weighted by atomic mass is 19.3. The molecule has 1 heterocycles. The van der Waals surface area contributed by atoms with E-state index in [2.05, 4.69) is 5.32 Å². The van der Waals surface area contributed by atoms with Crippen molar-refractivity contribution >= 4 is 11.8 Å². The molecule has 2 fully saturated rings. The number of rotatable bonds is 5. The van der Waals surface area contributed by atoms with Crippen molar-refractivity contribution in [1.82, 2.24) is 10.2 Å². The van der Waals surface area contributed by atoms with E-state index in [4.69, 9.17) is 4.74 Å². The predicted molar refractivity (Wildman–Crippen MR) is 85.8 cm³/mol. The van der Waals surface area contributed by atoms with Crippen LogP contribution in [0.4, 0.5) is 8.78 Å². The van der Waals surface area contributed by atoms with Crippen LogP contribution in [0.3, 0.4) is 0 Å². The van der Waals surface area contributed by atoms with E-state index in [0.29, 0.717) is 25.9 Å². The third-order valence-electron chi connectivity index (χ3n) is 5.44. The maximum Gasteiger partial charge on any atom is 0.248 e. The molecule has 1 N–H and O–H groups in total. The predicted octanol–water partition coefficient (Wildman–Crippen LogP) is 2.35. The molecule has 1 saturated heterocycles. The molecule has 1 aliphatic heterocycles. The van der Waals surface area contributed by atoms with Gasteiger partial charge in [0.2, 0.25) is 17.7 Å². The first-order valence-electron chi connectivity index (χ1n) is 8.73. The van der Waals surface area contributed by atoms with Crippen LogP contribution >= 0.6 is 0 Å². The van der Waals surface area contributed by atoms with Crippen LogP contribution in [0.25, 0.3) is 0 Å². The van der Waals surface area contributed by atoms with Crippen molar-refractivity contribution in [1.29, 1.82) is 0 Å². The Labute approximate surface area is 142 Å². The average molecular weight is 346 g/mol. The summed E-state index contributed by atoms with van der Waals surface area (Å²) in [7, 11) is 3.20. The van der Waals surface area contributed by atoms with Crippen LogP contribution in [-0.4, -0.2) is 55.5 Å². The van der Waals surface area contributed by atoms with E-state index >= 15 is 0 Å². The van der Waals surface area contributed by atoms with Gasteiger partial charge in [-0.25, -0.2) is 8.78 Å². The molecule has 2 amide bonds. The fraction of sp³-hybridized carbons (Fsp3) is 0.882. The first-order chi connectivity index (χ1) is 11.3. The fourth-order valence-corrected chi connectivity index (χ4v) is 3.77. The summed E-state index contributed by atoms with van der Waals surface area (Å²) in [5.74, 6) is -3.02. The van der Waals surface area contributed by atoms with Crippen LogP contribution in [0.2, 0.25) is 0 Å². The third kappa shape index (κ3) is 4.65. The lowest BCUT2D eigenvalue weighted by atomic mass is 9.83. The molecule has 1 saturated carbocycles. The zero-order chi connectivity index (χ0) is 17.8. The van der Waals surface area contributed by atoms with Gasteiger partial charge in [-0.15, -0.1) is 0 Å². The van der Waals surface area contributed by atoms with E-state index in [9.17, 15) is 18.4 Å². The molecule has 1 atom stereocenters. The number of ether oxygens (including phenoxy) is 1. The van der Waals surface area contributed by atoms with E-state index < -0.39 is 11.5 Å². The summed E-state index contributed by atoms with van der Waals surface area (Å²) in [4.78, 5) is 26.0. The second-order valence-corrected chi connectivity index (χ2v) is 7.05. The second-order valence-electron chi connectivity index (χ2n) is 7.05. The topological polar surface area (TPSA) is 58.6 Å². The van der Waals surface area contributed by atoms with Gasteiger partial charge in [-0.3, -0.25) is 9.59 Å². The number of nitrogens with zero attached hydrogens (tertiary/aromatic N) is 1. The quantitative estimate of drug-likeness (QED) is 0.831. The van der Waals surface area contributed by atoms with Crippen molar-refractivity contribution in [2.24, 2.45) is 5.92 Å². The Morgan fingerprint density at radius 3 is 2.50 bits per heavy atom. The van der Waals surface area contributed by atoms with Crippen LogP contribution in [-0.2, 0) is 14.3 Å². The van der Waals surface area contributed by atoms with Gasteiger partial charge in [0.05, 0.1) is 5.60 Å². The average Bonchev–Trinajstić information content (AvgIpc) is 2.59. The van der Waals surface area contributed by atoms with E-state index in [1.807, 2.05) is 0 Å². The lowest BCUT2D eigenvalue weighted by Gasteiger charge is -2.43. The Morgan fingerprint density at radius 1 is 1.25 bits per heavy atom. The number of carbonyl (C=O) groups is 2. The summed E-state index contributed by atoms with van der Waals surface area (Å²) in [5.41, 5.74) is -0.515. The number of hydrogen-bond acceptors (Lipinski definition) is 3. The minimum atomic E-state index is -2.62. The highest BCUT2D eigenvalue weighted by molar-refractivity contribution is 5.79. The van der Waals surface area contributed by atoms with Gasteiger partial charge in [0.1, 0.15) is 0 Å². The molecule has 5 nitrogen and oxygen atoms in total. The first kappa shape index (κ1) is 19.1. The van der Waals surface area contributed by atoms with Crippen LogP contribution in [0.1, 0.15) is 51.4 Å². The van der Waals surface area contributed by atoms with Gasteiger partial charge in [-0.05, 0) is 32.1 Å². The molecular weight excluding hydrogens is 318 g/mol. The summed E-state index contributed by atoms with van der Waals surface area (Å²) in [5, 5.41) is 2.59. The maximum atomic E-state index is 13.3. The number of carbonyl (C=O) groups excluding carboxylic acids is 2. The number of hydrogen-bond donors (Lipinski definition) is 1. The van der Waals surface area contributed by atoms with Crippen LogP contribution in [0, 0.1) is 5.92 Å². The van der Waals surface area contributed by atoms with Gasteiger partial charge in [-0.1, -0.05) is 0 Å². The molecular formula is C17H28F2N2O3. The van der Waals surface area contributed by atoms with E-state index in [0.717, 1.165) is 12.8 Å². The minimum absolute atomic E-state index is 0.0356. The van der Waals surface area contributed by atoms with Gasteiger partial charge in [0.25, 0.3) is 0 Å². The van der Waals surface area contributed by atoms with Crippen LogP contribution in [0.5, 0.6) is 0 Å². The lowest BCUT2D eigenvalue weighted by Crippen LogP contribution is -2.53. The van der Waals surface area contributed by atoms with Crippen molar-refractivity contribution in [2.45, 2.75) is 62.9 Å². The van der Waals surface area contributed by atoms with Crippen LogP contribution in [0.15, 0.2) is 0 Å². The first-order valence-corrected chi connectivity index (χ1v) is 8.73. The molecule has 24 heavy (non-hydrogen) atoms. The van der Waals surface area contributed by atoms with Crippen molar-refractivity contribution in [3.63, 3.8) is 0 Å². The van der Waals surface area contributed by atoms with Crippen LogP contribution < -0.4 is 5.32 Å². The normalized spacial score (nSPS) is 27.8. The minimum Gasteiger partial charge on any atom is -0.376 e. The monoisotopic (exact) mass is 346 g/mol. The molecule has 0 aromatic rings. The Bertz CT molecular complexity index is 463. The van der Waals surface area contributed by atoms with Crippen molar-refractivity contribution in [2.75, 3.05) is 27.2 Å². The Morgan fingerprint density at radius 2 is 1.92 bits per heavy atom. The molecule has 1 aliphatic carbocycles. The van der Waals surface area contributed by atoms with Crippen molar-refractivity contribution in [3.8, 4) is 0 Å². The number of nitrogens with one attached hydrogen (secondary N) is 1.